The third kappa shape index (κ3) is 6.02. The Labute approximate surface area is 275 Å². The van der Waals surface area contributed by atoms with Crippen molar-refractivity contribution in [3.05, 3.63) is 103 Å². The zero-order chi connectivity index (χ0) is 35.0. The minimum atomic E-state index is -0.733. The molecule has 0 saturated carbocycles. The summed E-state index contributed by atoms with van der Waals surface area (Å²) in [5.41, 5.74) is -0.154. The van der Waals surface area contributed by atoms with Gasteiger partial charge in [0.2, 0.25) is 11.8 Å². The predicted molar refractivity (Wildman–Crippen MR) is 172 cm³/mol. The van der Waals surface area contributed by atoms with Gasteiger partial charge in [-0.1, -0.05) is 24.3 Å². The van der Waals surface area contributed by atoms with Gasteiger partial charge >= 0.3 is 0 Å². The predicted octanol–water partition coefficient (Wildman–Crippen LogP) is 3.10. The lowest BCUT2D eigenvalue weighted by Gasteiger charge is -2.27. The van der Waals surface area contributed by atoms with Gasteiger partial charge in [0.1, 0.15) is 0 Å². The number of hydrogen-bond donors (Lipinski definition) is 2. The number of nitrogens with one attached hydrogen (secondary N) is 2. The number of carbonyl (C=O) groups excluding carboxylic acids is 6. The van der Waals surface area contributed by atoms with E-state index in [-0.39, 0.29) is 72.6 Å². The maximum atomic E-state index is 13.1. The monoisotopic (exact) mass is 666 g/mol. The summed E-state index contributed by atoms with van der Waals surface area (Å²) in [6.07, 6.45) is -0.122. The third-order valence-electron chi connectivity index (χ3n) is 8.37. The summed E-state index contributed by atoms with van der Waals surface area (Å²) in [6.45, 7) is -0.200. The van der Waals surface area contributed by atoms with Crippen molar-refractivity contribution < 1.29 is 38.6 Å². The van der Waals surface area contributed by atoms with E-state index in [9.17, 15) is 49.0 Å². The van der Waals surface area contributed by atoms with E-state index in [0.29, 0.717) is 28.0 Å². The van der Waals surface area contributed by atoms with Gasteiger partial charge in [-0.05, 0) is 29.3 Å². The Bertz CT molecular complexity index is 2010. The molecule has 0 spiro atoms. The average molecular weight is 667 g/mol. The van der Waals surface area contributed by atoms with Crippen LogP contribution in [0.5, 0.6) is 0 Å². The van der Waals surface area contributed by atoms with Crippen molar-refractivity contribution in [3.63, 3.8) is 0 Å². The number of amides is 6. The van der Waals surface area contributed by atoms with Gasteiger partial charge in [0, 0.05) is 85.2 Å². The second-order valence-corrected chi connectivity index (χ2v) is 11.4. The first kappa shape index (κ1) is 32.4. The zero-order valence-electron chi connectivity index (χ0n) is 25.6. The van der Waals surface area contributed by atoms with Crippen LogP contribution in [-0.2, 0) is 9.59 Å². The number of carbonyl (C=O) groups is 6. The summed E-state index contributed by atoms with van der Waals surface area (Å²) in [5.74, 6) is -3.61. The van der Waals surface area contributed by atoms with E-state index in [2.05, 4.69) is 10.6 Å². The molecule has 6 rings (SSSR count). The van der Waals surface area contributed by atoms with Gasteiger partial charge in [-0.15, -0.1) is 0 Å². The topological polar surface area (TPSA) is 219 Å². The van der Waals surface area contributed by atoms with Crippen LogP contribution in [0.15, 0.2) is 60.7 Å². The number of rotatable bonds is 12. The lowest BCUT2D eigenvalue weighted by atomic mass is 9.93. The van der Waals surface area contributed by atoms with Gasteiger partial charge in [-0.2, -0.15) is 0 Å². The van der Waals surface area contributed by atoms with Crippen LogP contribution in [-0.4, -0.2) is 81.3 Å². The van der Waals surface area contributed by atoms with Crippen molar-refractivity contribution in [2.24, 2.45) is 0 Å². The molecule has 0 aliphatic carbocycles. The summed E-state index contributed by atoms with van der Waals surface area (Å²) < 4.78 is 0. The molecule has 6 amide bonds. The molecule has 49 heavy (non-hydrogen) atoms. The van der Waals surface area contributed by atoms with Gasteiger partial charge in [-0.3, -0.25) is 58.8 Å². The van der Waals surface area contributed by atoms with Crippen LogP contribution < -0.4 is 10.6 Å². The summed E-state index contributed by atoms with van der Waals surface area (Å²) in [6, 6.07) is 14.1. The molecule has 0 radical (unpaired) electrons. The van der Waals surface area contributed by atoms with Crippen molar-refractivity contribution in [2.45, 2.75) is 19.3 Å². The van der Waals surface area contributed by atoms with Crippen LogP contribution >= 0.6 is 0 Å². The quantitative estimate of drug-likeness (QED) is 0.0974. The van der Waals surface area contributed by atoms with Gasteiger partial charge in [0.15, 0.2) is 0 Å². The Morgan fingerprint density at radius 3 is 1.37 bits per heavy atom. The molecule has 0 bridgehead atoms. The van der Waals surface area contributed by atoms with E-state index in [4.69, 9.17) is 0 Å². The van der Waals surface area contributed by atoms with Gasteiger partial charge in [0.25, 0.3) is 35.0 Å². The van der Waals surface area contributed by atoms with Crippen molar-refractivity contribution >= 4 is 68.4 Å². The third-order valence-corrected chi connectivity index (χ3v) is 8.37. The van der Waals surface area contributed by atoms with Crippen LogP contribution in [0.25, 0.3) is 21.5 Å². The van der Waals surface area contributed by atoms with Crippen molar-refractivity contribution in [2.75, 3.05) is 26.2 Å². The molecular weight excluding hydrogens is 640 g/mol. The fourth-order valence-electron chi connectivity index (χ4n) is 6.05. The smallest absolute Gasteiger partial charge is 0.270 e. The molecule has 0 atom stereocenters. The molecule has 248 valence electrons. The summed E-state index contributed by atoms with van der Waals surface area (Å²) in [7, 11) is 0. The minimum absolute atomic E-state index is 0.00993. The van der Waals surface area contributed by atoms with Crippen LogP contribution in [0.3, 0.4) is 0 Å². The fourth-order valence-corrected chi connectivity index (χ4v) is 6.05. The van der Waals surface area contributed by atoms with Crippen molar-refractivity contribution in [1.29, 1.82) is 0 Å². The maximum absolute atomic E-state index is 13.1. The van der Waals surface area contributed by atoms with E-state index < -0.39 is 45.3 Å². The van der Waals surface area contributed by atoms with Gasteiger partial charge < -0.3 is 10.6 Å². The van der Waals surface area contributed by atoms with E-state index >= 15 is 0 Å². The highest BCUT2D eigenvalue weighted by molar-refractivity contribution is 6.27. The summed E-state index contributed by atoms with van der Waals surface area (Å²) >= 11 is 0. The van der Waals surface area contributed by atoms with Gasteiger partial charge in [-0.25, -0.2) is 0 Å². The first-order valence-corrected chi connectivity index (χ1v) is 15.1. The van der Waals surface area contributed by atoms with Crippen LogP contribution in [0, 0.1) is 20.2 Å². The number of nitro benzene ring substituents is 2. The normalized spacial score (nSPS) is 13.6. The summed E-state index contributed by atoms with van der Waals surface area (Å²) in [5, 5.41) is 29.5. The standard InChI is InChI=1S/C33H26N6O10/c40-26(8-12-36-30(42)22-6-1-4-18-14-20(38(46)47)16-24(28(18)22)32(36)44)34-10-3-11-35-27(41)9-13-37-31(43)23-7-2-5-19-15-21(39(48)49)17-25(29(19)23)33(37)45/h1-2,4-7,14-17H,3,8-13H2,(H,34,40)(H,35,41). The Morgan fingerprint density at radius 1 is 0.592 bits per heavy atom. The van der Waals surface area contributed by atoms with E-state index in [1.807, 2.05) is 0 Å². The SMILES string of the molecule is O=C(CCN1C(=O)c2cccc3cc([N+](=O)[O-])cc(c23)C1=O)NCCCNC(=O)CCN1C(=O)c2cccc3cc([N+](=O)[O-])cc(c23)C1=O. The largest absolute Gasteiger partial charge is 0.356 e. The highest BCUT2D eigenvalue weighted by atomic mass is 16.6. The number of hydrogen-bond acceptors (Lipinski definition) is 10. The van der Waals surface area contributed by atoms with Crippen LogP contribution in [0.1, 0.15) is 60.7 Å². The minimum Gasteiger partial charge on any atom is -0.356 e. The molecule has 2 heterocycles. The second-order valence-electron chi connectivity index (χ2n) is 11.4. The molecule has 4 aromatic carbocycles. The fraction of sp³-hybridized carbons (Fsp3) is 0.212. The lowest BCUT2D eigenvalue weighted by molar-refractivity contribution is -0.384. The molecule has 16 heteroatoms. The van der Waals surface area contributed by atoms with Crippen LogP contribution in [0.4, 0.5) is 11.4 Å². The van der Waals surface area contributed by atoms with Crippen molar-refractivity contribution in [1.82, 2.24) is 20.4 Å². The number of nitro groups is 2. The van der Waals surface area contributed by atoms with E-state index in [0.717, 1.165) is 21.9 Å². The highest BCUT2D eigenvalue weighted by Gasteiger charge is 2.36. The molecule has 2 aliphatic rings. The molecule has 0 saturated heterocycles. The Balaban J connectivity index is 0.960. The summed E-state index contributed by atoms with van der Waals surface area (Å²) in [4.78, 5) is 101. The average Bonchev–Trinajstić information content (AvgIpc) is 3.08. The highest BCUT2D eigenvalue weighted by Crippen LogP contribution is 2.35. The number of nitrogens with zero attached hydrogens (tertiary/aromatic N) is 4. The number of benzene rings is 4. The number of non-ortho nitro benzene ring substituents is 2. The molecule has 0 unspecified atom stereocenters. The van der Waals surface area contributed by atoms with Crippen LogP contribution in [0.2, 0.25) is 0 Å². The number of imide groups is 2. The van der Waals surface area contributed by atoms with E-state index in [1.165, 1.54) is 24.3 Å². The first-order valence-electron chi connectivity index (χ1n) is 15.1. The first-order chi connectivity index (χ1) is 23.5. The molecule has 2 aliphatic heterocycles. The second kappa shape index (κ2) is 12.9. The zero-order valence-corrected chi connectivity index (χ0v) is 25.6. The Morgan fingerprint density at radius 2 is 0.980 bits per heavy atom. The molecule has 2 N–H and O–H groups in total. The Kier molecular flexibility index (Phi) is 8.52. The van der Waals surface area contributed by atoms with Gasteiger partial charge in [0.05, 0.1) is 21.0 Å². The molecule has 0 aromatic heterocycles. The molecular formula is C33H26N6O10. The molecule has 16 nitrogen and oxygen atoms in total. The molecule has 4 aromatic rings. The lowest BCUT2D eigenvalue weighted by Crippen LogP contribution is -2.43. The maximum Gasteiger partial charge on any atom is 0.270 e. The van der Waals surface area contributed by atoms with Crippen molar-refractivity contribution in [3.8, 4) is 0 Å². The molecule has 0 fully saturated rings. The Hall–Kier alpha value is -6.58. The van der Waals surface area contributed by atoms with E-state index in [1.54, 1.807) is 24.3 Å².